The molecule has 0 spiro atoms. The number of nitrogens with one attached hydrogen (secondary N) is 1. The zero-order valence-electron chi connectivity index (χ0n) is 11.9. The number of aliphatic hydroxyl groups is 1. The average molecular weight is 257 g/mol. The molecule has 0 aromatic heterocycles. The van der Waals surface area contributed by atoms with Gasteiger partial charge in [-0.25, -0.2) is 0 Å². The smallest absolute Gasteiger partial charge is 0.226 e. The molecule has 1 rings (SSSR count). The molecule has 106 valence electrons. The highest BCUT2D eigenvalue weighted by molar-refractivity contribution is 5.83. The highest BCUT2D eigenvalue weighted by Crippen LogP contribution is 2.44. The third kappa shape index (κ3) is 4.25. The van der Waals surface area contributed by atoms with Crippen LogP contribution >= 0.6 is 0 Å². The number of carbonyl (C=O) groups is 1. The molecule has 1 saturated carbocycles. The molecule has 4 nitrogen and oxygen atoms in total. The van der Waals surface area contributed by atoms with E-state index in [0.717, 1.165) is 32.1 Å². The Morgan fingerprint density at radius 3 is 2.56 bits per heavy atom. The van der Waals surface area contributed by atoms with Crippen LogP contribution in [0.25, 0.3) is 0 Å². The Morgan fingerprint density at radius 1 is 1.44 bits per heavy atom. The first-order valence-corrected chi connectivity index (χ1v) is 6.95. The maximum absolute atomic E-state index is 12.2. The first-order chi connectivity index (χ1) is 8.50. The summed E-state index contributed by atoms with van der Waals surface area (Å²) in [5.74, 6) is 0.539. The molecular formula is C14H27NO3. The van der Waals surface area contributed by atoms with Gasteiger partial charge in [0.2, 0.25) is 5.91 Å². The fourth-order valence-electron chi connectivity index (χ4n) is 2.52. The van der Waals surface area contributed by atoms with Crippen molar-refractivity contribution in [1.29, 1.82) is 0 Å². The minimum absolute atomic E-state index is 0.0913. The molecule has 0 saturated heterocycles. The van der Waals surface area contributed by atoms with Gasteiger partial charge in [-0.2, -0.15) is 0 Å². The Morgan fingerprint density at radius 2 is 2.11 bits per heavy atom. The van der Waals surface area contributed by atoms with Gasteiger partial charge in [0.25, 0.3) is 0 Å². The molecule has 0 radical (unpaired) electrons. The lowest BCUT2D eigenvalue weighted by Gasteiger charge is -2.40. The number of hydrogen-bond acceptors (Lipinski definition) is 3. The number of carbonyl (C=O) groups excluding carboxylic acids is 1. The van der Waals surface area contributed by atoms with Crippen LogP contribution in [0, 0.1) is 11.3 Å². The van der Waals surface area contributed by atoms with Crippen molar-refractivity contribution < 1.29 is 14.6 Å². The Labute approximate surface area is 110 Å². The molecule has 2 N–H and O–H groups in total. The zero-order valence-corrected chi connectivity index (χ0v) is 11.9. The van der Waals surface area contributed by atoms with E-state index in [1.807, 2.05) is 0 Å². The van der Waals surface area contributed by atoms with Crippen LogP contribution in [0.3, 0.4) is 0 Å². The Balaban J connectivity index is 2.34. The van der Waals surface area contributed by atoms with Crippen molar-refractivity contribution in [2.45, 2.75) is 52.1 Å². The Bertz CT molecular complexity index is 262. The van der Waals surface area contributed by atoms with Crippen LogP contribution in [0.15, 0.2) is 0 Å². The first kappa shape index (κ1) is 15.4. The maximum atomic E-state index is 12.2. The van der Waals surface area contributed by atoms with Gasteiger partial charge in [-0.15, -0.1) is 0 Å². The van der Waals surface area contributed by atoms with E-state index in [1.165, 1.54) is 0 Å². The van der Waals surface area contributed by atoms with E-state index in [0.29, 0.717) is 19.1 Å². The number of rotatable bonds is 8. The van der Waals surface area contributed by atoms with Crippen molar-refractivity contribution in [2.24, 2.45) is 11.3 Å². The molecule has 4 heteroatoms. The van der Waals surface area contributed by atoms with Crippen molar-refractivity contribution in [2.75, 3.05) is 20.3 Å². The average Bonchev–Trinajstić information content (AvgIpc) is 2.24. The second-order valence-electron chi connectivity index (χ2n) is 5.87. The van der Waals surface area contributed by atoms with Crippen LogP contribution in [0.2, 0.25) is 0 Å². The van der Waals surface area contributed by atoms with Gasteiger partial charge in [-0.3, -0.25) is 4.79 Å². The fraction of sp³-hybridized carbons (Fsp3) is 0.929. The van der Waals surface area contributed by atoms with Crippen molar-refractivity contribution in [1.82, 2.24) is 5.32 Å². The van der Waals surface area contributed by atoms with Crippen LogP contribution in [0.4, 0.5) is 0 Å². The van der Waals surface area contributed by atoms with Crippen molar-refractivity contribution in [3.63, 3.8) is 0 Å². The van der Waals surface area contributed by atoms with E-state index >= 15 is 0 Å². The summed E-state index contributed by atoms with van der Waals surface area (Å²) in [4.78, 5) is 12.2. The predicted molar refractivity (Wildman–Crippen MR) is 71.2 cm³/mol. The van der Waals surface area contributed by atoms with Crippen LogP contribution in [0.5, 0.6) is 0 Å². The SMILES string of the molecule is COCCC1(C(=O)NCC(O)CC(C)C)CCC1. The summed E-state index contributed by atoms with van der Waals surface area (Å²) in [7, 11) is 1.66. The molecule has 1 aliphatic carbocycles. The zero-order chi connectivity index (χ0) is 13.6. The summed E-state index contributed by atoms with van der Waals surface area (Å²) in [6.45, 7) is 5.13. The minimum atomic E-state index is -0.437. The lowest BCUT2D eigenvalue weighted by molar-refractivity contribution is -0.138. The lowest BCUT2D eigenvalue weighted by atomic mass is 9.66. The summed E-state index contributed by atoms with van der Waals surface area (Å²) in [6.07, 6.45) is 4.09. The highest BCUT2D eigenvalue weighted by atomic mass is 16.5. The third-order valence-electron chi connectivity index (χ3n) is 3.82. The van der Waals surface area contributed by atoms with Gasteiger partial charge in [-0.05, 0) is 31.6 Å². The van der Waals surface area contributed by atoms with E-state index in [4.69, 9.17) is 4.74 Å². The molecule has 1 fully saturated rings. The van der Waals surface area contributed by atoms with Crippen LogP contribution in [0.1, 0.15) is 46.0 Å². The molecule has 18 heavy (non-hydrogen) atoms. The summed E-state index contributed by atoms with van der Waals surface area (Å²) < 4.78 is 5.07. The lowest BCUT2D eigenvalue weighted by Crippen LogP contribution is -2.48. The number of amides is 1. The van der Waals surface area contributed by atoms with Crippen LogP contribution in [-0.2, 0) is 9.53 Å². The van der Waals surface area contributed by atoms with Gasteiger partial charge < -0.3 is 15.2 Å². The number of hydrogen-bond donors (Lipinski definition) is 2. The monoisotopic (exact) mass is 257 g/mol. The van der Waals surface area contributed by atoms with Crippen molar-refractivity contribution in [3.05, 3.63) is 0 Å². The molecule has 1 atom stereocenters. The number of methoxy groups -OCH3 is 1. The van der Waals surface area contributed by atoms with Crippen molar-refractivity contribution >= 4 is 5.91 Å². The molecular weight excluding hydrogens is 230 g/mol. The highest BCUT2D eigenvalue weighted by Gasteiger charge is 2.43. The first-order valence-electron chi connectivity index (χ1n) is 6.95. The minimum Gasteiger partial charge on any atom is -0.391 e. The molecule has 1 unspecified atom stereocenters. The van der Waals surface area contributed by atoms with E-state index in [-0.39, 0.29) is 11.3 Å². The Hall–Kier alpha value is -0.610. The van der Waals surface area contributed by atoms with Crippen molar-refractivity contribution in [3.8, 4) is 0 Å². The molecule has 1 amide bonds. The van der Waals surface area contributed by atoms with Gasteiger partial charge in [0.1, 0.15) is 0 Å². The standard InChI is InChI=1S/C14H27NO3/c1-11(2)9-12(16)10-15-13(17)14(5-4-6-14)7-8-18-3/h11-12,16H,4-10H2,1-3H3,(H,15,17). The van der Waals surface area contributed by atoms with E-state index in [1.54, 1.807) is 7.11 Å². The normalized spacial score (nSPS) is 19.4. The topological polar surface area (TPSA) is 58.6 Å². The largest absolute Gasteiger partial charge is 0.391 e. The molecule has 0 aromatic rings. The third-order valence-corrected chi connectivity index (χ3v) is 3.82. The predicted octanol–water partition coefficient (Wildman–Crippen LogP) is 1.72. The quantitative estimate of drug-likeness (QED) is 0.696. The molecule has 0 aromatic carbocycles. The number of ether oxygens (including phenoxy) is 1. The van der Waals surface area contributed by atoms with Gasteiger partial charge in [0, 0.05) is 20.3 Å². The summed E-state index contributed by atoms with van der Waals surface area (Å²) in [6, 6.07) is 0. The van der Waals surface area contributed by atoms with Crippen LogP contribution < -0.4 is 5.32 Å². The maximum Gasteiger partial charge on any atom is 0.226 e. The summed E-state index contributed by atoms with van der Waals surface area (Å²) >= 11 is 0. The van der Waals surface area contributed by atoms with E-state index in [9.17, 15) is 9.90 Å². The molecule has 1 aliphatic rings. The number of aliphatic hydroxyl groups excluding tert-OH is 1. The molecule has 0 heterocycles. The van der Waals surface area contributed by atoms with Crippen LogP contribution in [-0.4, -0.2) is 37.4 Å². The van der Waals surface area contributed by atoms with Gasteiger partial charge in [0.05, 0.1) is 11.5 Å². The summed E-state index contributed by atoms with van der Waals surface area (Å²) in [5, 5.41) is 12.7. The molecule has 0 bridgehead atoms. The molecule has 0 aliphatic heterocycles. The second-order valence-corrected chi connectivity index (χ2v) is 5.87. The second kappa shape index (κ2) is 7.10. The Kier molecular flexibility index (Phi) is 6.09. The van der Waals surface area contributed by atoms with Gasteiger partial charge in [-0.1, -0.05) is 20.3 Å². The summed E-state index contributed by atoms with van der Waals surface area (Å²) in [5.41, 5.74) is -0.229. The van der Waals surface area contributed by atoms with Gasteiger partial charge >= 0.3 is 0 Å². The van der Waals surface area contributed by atoms with Gasteiger partial charge in [0.15, 0.2) is 0 Å². The van der Waals surface area contributed by atoms with E-state index < -0.39 is 6.10 Å². The van der Waals surface area contributed by atoms with E-state index in [2.05, 4.69) is 19.2 Å². The fourth-order valence-corrected chi connectivity index (χ4v) is 2.52.